The van der Waals surface area contributed by atoms with Gasteiger partial charge in [0.15, 0.2) is 0 Å². The second-order valence-corrected chi connectivity index (χ2v) is 14.2. The molecule has 4 aliphatic heterocycles. The molecule has 5 fully saturated rings. The molecular formula is C33H43N5O5. The van der Waals surface area contributed by atoms with E-state index in [1.165, 1.54) is 27.8 Å². The maximum absolute atomic E-state index is 14.2. The fraction of sp³-hybridized carbons (Fsp3) is 0.667. The van der Waals surface area contributed by atoms with Crippen molar-refractivity contribution in [1.82, 2.24) is 25.0 Å². The molecule has 3 amide bonds. The highest BCUT2D eigenvalue weighted by atomic mass is 16.7. The normalized spacial score (nSPS) is 37.9. The Kier molecular flexibility index (Phi) is 6.27. The van der Waals surface area contributed by atoms with Crippen molar-refractivity contribution in [2.45, 2.75) is 107 Å². The van der Waals surface area contributed by atoms with E-state index in [2.05, 4.69) is 46.6 Å². The van der Waals surface area contributed by atoms with E-state index < -0.39 is 29.6 Å². The molecule has 2 aliphatic carbocycles. The lowest BCUT2D eigenvalue weighted by Crippen LogP contribution is -2.71. The molecule has 1 unspecified atom stereocenters. The summed E-state index contributed by atoms with van der Waals surface area (Å²) >= 11 is 0. The summed E-state index contributed by atoms with van der Waals surface area (Å²) in [6, 6.07) is 5.23. The number of amides is 3. The molecule has 7 atom stereocenters. The maximum atomic E-state index is 14.2. The minimum atomic E-state index is -1.96. The molecule has 43 heavy (non-hydrogen) atoms. The topological polar surface area (TPSA) is 118 Å². The third kappa shape index (κ3) is 4.05. The van der Waals surface area contributed by atoms with Gasteiger partial charge in [-0.15, -0.1) is 0 Å². The van der Waals surface area contributed by atoms with Crippen LogP contribution in [0.4, 0.5) is 0 Å². The van der Waals surface area contributed by atoms with Crippen LogP contribution in [-0.2, 0) is 25.5 Å². The molecule has 1 aromatic heterocycles. The maximum Gasteiger partial charge on any atom is 0.280 e. The van der Waals surface area contributed by atoms with Crippen molar-refractivity contribution in [2.75, 3.05) is 20.1 Å². The zero-order valence-electron chi connectivity index (χ0n) is 25.2. The molecule has 0 radical (unpaired) electrons. The Balaban J connectivity index is 1.06. The lowest BCUT2D eigenvalue weighted by molar-refractivity contribution is -0.316. The van der Waals surface area contributed by atoms with Crippen LogP contribution in [0.5, 0.6) is 0 Å². The fourth-order valence-electron chi connectivity index (χ4n) is 9.58. The molecule has 4 saturated heterocycles. The van der Waals surface area contributed by atoms with E-state index in [9.17, 15) is 19.5 Å². The summed E-state index contributed by atoms with van der Waals surface area (Å²) in [5, 5.41) is 16.3. The van der Waals surface area contributed by atoms with Gasteiger partial charge in [0.05, 0.1) is 5.92 Å². The van der Waals surface area contributed by atoms with E-state index in [1.807, 2.05) is 0 Å². The summed E-state index contributed by atoms with van der Waals surface area (Å²) in [5.74, 6) is -2.67. The van der Waals surface area contributed by atoms with Gasteiger partial charge in [0.2, 0.25) is 17.5 Å². The van der Waals surface area contributed by atoms with E-state index in [-0.39, 0.29) is 23.7 Å². The van der Waals surface area contributed by atoms with Crippen molar-refractivity contribution in [3.63, 3.8) is 0 Å². The number of benzene rings is 1. The predicted octanol–water partition coefficient (Wildman–Crippen LogP) is 2.81. The molecule has 1 saturated carbocycles. The van der Waals surface area contributed by atoms with E-state index in [4.69, 9.17) is 4.74 Å². The van der Waals surface area contributed by atoms with Crippen LogP contribution in [0.3, 0.4) is 0 Å². The van der Waals surface area contributed by atoms with Gasteiger partial charge in [0.1, 0.15) is 12.1 Å². The van der Waals surface area contributed by atoms with Crippen LogP contribution in [0, 0.1) is 11.8 Å². The zero-order valence-corrected chi connectivity index (χ0v) is 25.2. The largest absolute Gasteiger partial charge is 0.361 e. The number of carbonyl (C=O) groups is 3. The molecule has 230 valence electrons. The number of nitrogens with zero attached hydrogens (tertiary/aromatic N) is 3. The monoisotopic (exact) mass is 589 g/mol. The number of hydrogen-bond donors (Lipinski definition) is 3. The third-order valence-electron chi connectivity index (χ3n) is 11.6. The standard InChI is InChI=1S/C33H43N5O5/c1-32(35-29(39)21-15-23-22-10-6-11-24-28(22)20(17-34-24)16-25(23)36(2)18-21)31(41)38-26(14-19-8-4-3-5-9-19)30(40)37-13-7-12-27(37)33(38,42)43-32/h6,10-11,17,19,21,23,25-27,34,42H,3-5,7-9,12-16,18H2,1-2H3,(H,35,39)/t21-,23?,25-,26+,27+,32+,33+/m1/s1. The van der Waals surface area contributed by atoms with Gasteiger partial charge in [-0.25, -0.2) is 0 Å². The van der Waals surface area contributed by atoms with Gasteiger partial charge in [-0.3, -0.25) is 24.0 Å². The Morgan fingerprint density at radius 2 is 1.98 bits per heavy atom. The number of fused-ring (bicyclic) bond motifs is 5. The van der Waals surface area contributed by atoms with Crippen LogP contribution in [0.2, 0.25) is 0 Å². The number of carbonyl (C=O) groups excluding carboxylic acids is 3. The average molecular weight is 590 g/mol. The van der Waals surface area contributed by atoms with E-state index in [0.29, 0.717) is 44.3 Å². The van der Waals surface area contributed by atoms with Crippen LogP contribution in [0.15, 0.2) is 24.4 Å². The molecule has 0 bridgehead atoms. The number of rotatable bonds is 4. The first-order valence-corrected chi connectivity index (χ1v) is 16.4. The van der Waals surface area contributed by atoms with E-state index >= 15 is 0 Å². The lowest BCUT2D eigenvalue weighted by atomic mass is 9.72. The minimum absolute atomic E-state index is 0.0965. The Morgan fingerprint density at radius 3 is 2.79 bits per heavy atom. The summed E-state index contributed by atoms with van der Waals surface area (Å²) in [6.07, 6.45) is 11.0. The number of aromatic amines is 1. The van der Waals surface area contributed by atoms with Crippen LogP contribution < -0.4 is 5.32 Å². The number of likely N-dealkylation sites (N-methyl/N-ethyl adjacent to an activating group) is 1. The molecule has 10 nitrogen and oxygen atoms in total. The zero-order chi connectivity index (χ0) is 29.7. The van der Waals surface area contributed by atoms with Gasteiger partial charge in [-0.1, -0.05) is 44.2 Å². The molecule has 6 aliphatic rings. The quantitative estimate of drug-likeness (QED) is 0.505. The predicted molar refractivity (Wildman–Crippen MR) is 158 cm³/mol. The highest BCUT2D eigenvalue weighted by Gasteiger charge is 2.70. The lowest BCUT2D eigenvalue weighted by Gasteiger charge is -2.49. The molecule has 0 spiro atoms. The van der Waals surface area contributed by atoms with Crippen molar-refractivity contribution >= 4 is 28.6 Å². The van der Waals surface area contributed by atoms with Gasteiger partial charge in [-0.2, -0.15) is 0 Å². The molecular weight excluding hydrogens is 546 g/mol. The summed E-state index contributed by atoms with van der Waals surface area (Å²) in [6.45, 7) is 2.67. The number of aliphatic hydroxyl groups is 1. The summed E-state index contributed by atoms with van der Waals surface area (Å²) in [4.78, 5) is 50.7. The van der Waals surface area contributed by atoms with Crippen molar-refractivity contribution in [3.05, 3.63) is 35.5 Å². The van der Waals surface area contributed by atoms with Crippen molar-refractivity contribution in [2.24, 2.45) is 11.8 Å². The SMILES string of the molecule is CN1C[C@H](C(=O)N[C@@]2(C)O[C@@]3(O)[C@@H]4CCCN4C(=O)[C@H](CC4CCCCC4)N3C2=O)CC2c3cccc4[nH]cc(c34)C[C@H]21. The first-order valence-electron chi connectivity index (χ1n) is 16.4. The van der Waals surface area contributed by atoms with Crippen LogP contribution in [0.25, 0.3) is 10.9 Å². The highest BCUT2D eigenvalue weighted by molar-refractivity contribution is 5.97. The first-order chi connectivity index (χ1) is 20.7. The van der Waals surface area contributed by atoms with Crippen molar-refractivity contribution in [1.29, 1.82) is 0 Å². The molecule has 2 aromatic rings. The average Bonchev–Trinajstić information content (AvgIpc) is 3.70. The minimum Gasteiger partial charge on any atom is -0.361 e. The number of likely N-dealkylation sites (tertiary alicyclic amines) is 1. The van der Waals surface area contributed by atoms with Crippen LogP contribution in [-0.4, -0.2) is 92.4 Å². The molecule has 5 heterocycles. The molecule has 10 heteroatoms. The Hall–Kier alpha value is -2.95. The number of hydrogen-bond acceptors (Lipinski definition) is 6. The van der Waals surface area contributed by atoms with E-state index in [0.717, 1.165) is 44.0 Å². The second kappa shape index (κ2) is 9.78. The molecule has 1 aromatic carbocycles. The number of aromatic nitrogens is 1. The molecule has 8 rings (SSSR count). The number of H-pyrrole nitrogens is 1. The second-order valence-electron chi connectivity index (χ2n) is 14.2. The fourth-order valence-corrected chi connectivity index (χ4v) is 9.58. The number of ether oxygens (including phenoxy) is 1. The third-order valence-corrected chi connectivity index (χ3v) is 11.6. The molecule has 3 N–H and O–H groups in total. The number of piperazine rings is 1. The Labute approximate surface area is 252 Å². The smallest absolute Gasteiger partial charge is 0.280 e. The van der Waals surface area contributed by atoms with Gasteiger partial charge in [-0.05, 0) is 69.2 Å². The summed E-state index contributed by atoms with van der Waals surface area (Å²) in [5.41, 5.74) is 1.96. The van der Waals surface area contributed by atoms with Crippen molar-refractivity contribution in [3.8, 4) is 0 Å². The van der Waals surface area contributed by atoms with Gasteiger partial charge < -0.3 is 25.2 Å². The van der Waals surface area contributed by atoms with Crippen molar-refractivity contribution < 1.29 is 24.2 Å². The Bertz CT molecular complexity index is 1490. The first kappa shape index (κ1) is 27.6. The van der Waals surface area contributed by atoms with Crippen LogP contribution in [0.1, 0.15) is 81.8 Å². The van der Waals surface area contributed by atoms with E-state index in [1.54, 1.807) is 11.8 Å². The summed E-state index contributed by atoms with van der Waals surface area (Å²) in [7, 11) is 2.08. The highest BCUT2D eigenvalue weighted by Crippen LogP contribution is 2.48. The van der Waals surface area contributed by atoms with Gasteiger partial charge >= 0.3 is 0 Å². The number of piperidine rings is 1. The Morgan fingerprint density at radius 1 is 1.16 bits per heavy atom. The van der Waals surface area contributed by atoms with Gasteiger partial charge in [0.25, 0.3) is 11.8 Å². The van der Waals surface area contributed by atoms with Gasteiger partial charge in [0, 0.05) is 42.1 Å². The number of nitrogens with one attached hydrogen (secondary N) is 2. The van der Waals surface area contributed by atoms with Crippen LogP contribution >= 0.6 is 0 Å². The summed E-state index contributed by atoms with van der Waals surface area (Å²) < 4.78 is 6.30.